The second kappa shape index (κ2) is 5.16. The average molecular weight is 323 g/mol. The summed E-state index contributed by atoms with van der Waals surface area (Å²) in [6.45, 7) is 6.21. The van der Waals surface area contributed by atoms with E-state index in [1.165, 1.54) is 60.4 Å². The number of aryl methyl sites for hydroxylation is 1. The molecule has 1 heterocycles. The van der Waals surface area contributed by atoms with Gasteiger partial charge >= 0.3 is 0 Å². The molecule has 0 fully saturated rings. The van der Waals surface area contributed by atoms with Gasteiger partial charge in [0.25, 0.3) is 0 Å². The zero-order valence-electron chi connectivity index (χ0n) is 15.0. The lowest BCUT2D eigenvalue weighted by molar-refractivity contribution is 1.16. The van der Waals surface area contributed by atoms with E-state index in [2.05, 4.69) is 55.5 Å². The van der Waals surface area contributed by atoms with E-state index in [4.69, 9.17) is 4.98 Å². The van der Waals surface area contributed by atoms with Crippen LogP contribution in [0.25, 0.3) is 44.6 Å². The summed E-state index contributed by atoms with van der Waals surface area (Å²) in [5.41, 5.74) is 7.87. The van der Waals surface area contributed by atoms with Crippen molar-refractivity contribution in [3.05, 3.63) is 64.4 Å². The average Bonchev–Trinajstić information content (AvgIpc) is 2.66. The fourth-order valence-corrected chi connectivity index (χ4v) is 4.55. The molecule has 2 aliphatic rings. The number of pyridine rings is 1. The van der Waals surface area contributed by atoms with Crippen LogP contribution in [-0.4, -0.2) is 4.98 Å². The molecule has 2 aliphatic carbocycles. The van der Waals surface area contributed by atoms with Crippen LogP contribution in [-0.2, 0) is 12.8 Å². The molecule has 1 aromatic heterocycles. The van der Waals surface area contributed by atoms with Crippen molar-refractivity contribution in [1.29, 1.82) is 0 Å². The van der Waals surface area contributed by atoms with Crippen molar-refractivity contribution in [2.24, 2.45) is 0 Å². The number of rotatable bonds is 0. The molecule has 1 nitrogen and oxygen atoms in total. The fourth-order valence-electron chi connectivity index (χ4n) is 4.55. The minimum Gasteiger partial charge on any atom is -0.252 e. The first-order chi connectivity index (χ1) is 12.3. The first kappa shape index (κ1) is 14.7. The molecule has 0 saturated heterocycles. The Labute approximate surface area is 148 Å². The predicted octanol–water partition coefficient (Wildman–Crippen LogP) is 6.45. The van der Waals surface area contributed by atoms with Gasteiger partial charge in [-0.2, -0.15) is 0 Å². The third kappa shape index (κ3) is 1.81. The Morgan fingerprint density at radius 1 is 0.840 bits per heavy atom. The molecule has 0 atom stereocenters. The first-order valence-corrected chi connectivity index (χ1v) is 9.28. The Bertz CT molecular complexity index is 1210. The molecular formula is C24H21N. The molecule has 0 bridgehead atoms. The van der Waals surface area contributed by atoms with Crippen molar-refractivity contribution in [2.75, 3.05) is 0 Å². The molecule has 25 heavy (non-hydrogen) atoms. The van der Waals surface area contributed by atoms with Gasteiger partial charge < -0.3 is 0 Å². The summed E-state index contributed by atoms with van der Waals surface area (Å²) in [5, 5.41) is 6.95. The number of hydrogen-bond acceptors (Lipinski definition) is 1. The zero-order valence-corrected chi connectivity index (χ0v) is 15.0. The van der Waals surface area contributed by atoms with E-state index >= 15 is 0 Å². The lowest BCUT2D eigenvalue weighted by Crippen LogP contribution is -2.03. The quantitative estimate of drug-likeness (QED) is 0.339. The maximum atomic E-state index is 5.06. The normalized spacial score (nSPS) is 14.4. The molecule has 3 aromatic carbocycles. The maximum absolute atomic E-state index is 5.06. The van der Waals surface area contributed by atoms with Crippen LogP contribution >= 0.6 is 0 Å². The van der Waals surface area contributed by atoms with Crippen molar-refractivity contribution in [3.8, 4) is 0 Å². The maximum Gasteiger partial charge on any atom is 0.0721 e. The van der Waals surface area contributed by atoms with Crippen LogP contribution in [0.15, 0.2) is 36.4 Å². The van der Waals surface area contributed by atoms with E-state index in [-0.39, 0.29) is 0 Å². The van der Waals surface area contributed by atoms with E-state index in [1.54, 1.807) is 0 Å². The van der Waals surface area contributed by atoms with Crippen LogP contribution in [0.5, 0.6) is 0 Å². The van der Waals surface area contributed by atoms with Crippen molar-refractivity contribution < 1.29 is 0 Å². The Balaban J connectivity index is 0.000000679. The molecule has 0 amide bonds. The molecule has 0 aliphatic heterocycles. The van der Waals surface area contributed by atoms with E-state index in [0.29, 0.717) is 0 Å². The summed E-state index contributed by atoms with van der Waals surface area (Å²) in [5.74, 6) is 0. The third-order valence-electron chi connectivity index (χ3n) is 5.50. The summed E-state index contributed by atoms with van der Waals surface area (Å²) in [6.07, 6.45) is 11.0. The molecule has 6 rings (SSSR count). The van der Waals surface area contributed by atoms with Gasteiger partial charge in [-0.05, 0) is 52.4 Å². The zero-order chi connectivity index (χ0) is 17.1. The monoisotopic (exact) mass is 323 g/mol. The molecule has 4 aromatic rings. The number of allylic oxidation sites excluding steroid dienone is 2. The summed E-state index contributed by atoms with van der Waals surface area (Å²) in [4.78, 5) is 5.06. The van der Waals surface area contributed by atoms with E-state index in [9.17, 15) is 0 Å². The van der Waals surface area contributed by atoms with E-state index in [1.807, 2.05) is 13.8 Å². The molecule has 0 saturated carbocycles. The molecule has 1 heteroatoms. The molecule has 0 N–H and O–H groups in total. The lowest BCUT2D eigenvalue weighted by Gasteiger charge is -2.22. The minimum atomic E-state index is 0.940. The molecular weight excluding hydrogens is 302 g/mol. The molecule has 0 unspecified atom stereocenters. The summed E-state index contributed by atoms with van der Waals surface area (Å²) >= 11 is 0. The Morgan fingerprint density at radius 2 is 1.68 bits per heavy atom. The van der Waals surface area contributed by atoms with Crippen LogP contribution in [0, 0.1) is 6.92 Å². The lowest BCUT2D eigenvalue weighted by atomic mass is 9.83. The standard InChI is InChI=1S/C22H15N.C2H6/c1-12-10-18-22-19-14(5-2-6-16(12)19)11-15-9-8-13-4-3-7-17(23-18)20(13)21(15)22;1-2/h2-4,6,8-11H,5,7H2,1H3;1-2H3. The van der Waals surface area contributed by atoms with Gasteiger partial charge in [-0.3, -0.25) is 4.98 Å². The molecule has 0 radical (unpaired) electrons. The van der Waals surface area contributed by atoms with Gasteiger partial charge in [-0.15, -0.1) is 0 Å². The number of nitrogens with zero attached hydrogens (tertiary/aromatic N) is 1. The minimum absolute atomic E-state index is 0.940. The van der Waals surface area contributed by atoms with Gasteiger partial charge in [-0.1, -0.05) is 56.4 Å². The second-order valence-corrected chi connectivity index (χ2v) is 6.81. The highest BCUT2D eigenvalue weighted by Crippen LogP contribution is 2.43. The van der Waals surface area contributed by atoms with Crippen LogP contribution in [0.4, 0.5) is 0 Å². The van der Waals surface area contributed by atoms with Crippen LogP contribution in [0.1, 0.15) is 41.8 Å². The highest BCUT2D eigenvalue weighted by molar-refractivity contribution is 6.26. The number of benzene rings is 3. The van der Waals surface area contributed by atoms with Crippen molar-refractivity contribution in [1.82, 2.24) is 4.98 Å². The Kier molecular flexibility index (Phi) is 3.03. The topological polar surface area (TPSA) is 12.9 Å². The predicted molar refractivity (Wildman–Crippen MR) is 110 cm³/mol. The van der Waals surface area contributed by atoms with Gasteiger partial charge in [0, 0.05) is 22.6 Å². The van der Waals surface area contributed by atoms with Crippen molar-refractivity contribution >= 4 is 44.6 Å². The van der Waals surface area contributed by atoms with Gasteiger partial charge in [0.2, 0.25) is 0 Å². The second-order valence-electron chi connectivity index (χ2n) is 6.81. The molecule has 0 spiro atoms. The summed E-state index contributed by atoms with van der Waals surface area (Å²) in [6, 6.07) is 9.21. The highest BCUT2D eigenvalue weighted by Gasteiger charge is 2.21. The van der Waals surface area contributed by atoms with E-state index < -0.39 is 0 Å². The number of hydrogen-bond donors (Lipinski definition) is 0. The van der Waals surface area contributed by atoms with Crippen LogP contribution in [0.2, 0.25) is 0 Å². The Morgan fingerprint density at radius 3 is 2.56 bits per heavy atom. The Hall–Kier alpha value is -2.67. The van der Waals surface area contributed by atoms with Gasteiger partial charge in [0.15, 0.2) is 0 Å². The summed E-state index contributed by atoms with van der Waals surface area (Å²) < 4.78 is 0. The SMILES string of the molecule is CC.Cc1cc2nc3c4c(ccc5cc6c(c1C=CC6)c2c54)C=CC3. The van der Waals surface area contributed by atoms with Crippen LogP contribution < -0.4 is 0 Å². The van der Waals surface area contributed by atoms with Crippen molar-refractivity contribution in [3.63, 3.8) is 0 Å². The smallest absolute Gasteiger partial charge is 0.0721 e. The van der Waals surface area contributed by atoms with E-state index in [0.717, 1.165) is 12.8 Å². The van der Waals surface area contributed by atoms with Gasteiger partial charge in [0.05, 0.1) is 11.2 Å². The van der Waals surface area contributed by atoms with Crippen LogP contribution in [0.3, 0.4) is 0 Å². The van der Waals surface area contributed by atoms with Gasteiger partial charge in [0.1, 0.15) is 0 Å². The third-order valence-corrected chi connectivity index (χ3v) is 5.50. The fraction of sp³-hybridized carbons (Fsp3) is 0.208. The first-order valence-electron chi connectivity index (χ1n) is 9.28. The molecule has 122 valence electrons. The number of aromatic nitrogens is 1. The largest absolute Gasteiger partial charge is 0.252 e. The van der Waals surface area contributed by atoms with Crippen molar-refractivity contribution in [2.45, 2.75) is 33.6 Å². The highest BCUT2D eigenvalue weighted by atomic mass is 14.7. The van der Waals surface area contributed by atoms with Gasteiger partial charge in [-0.25, -0.2) is 0 Å². The summed E-state index contributed by atoms with van der Waals surface area (Å²) in [7, 11) is 0.